The molecule has 2 N–H and O–H groups in total. The van der Waals surface area contributed by atoms with Gasteiger partial charge in [-0.3, -0.25) is 0 Å². The molecule has 3 unspecified atom stereocenters. The smallest absolute Gasteiger partial charge is 0.0683 e. The first-order chi connectivity index (χ1) is 6.34. The van der Waals surface area contributed by atoms with Crippen molar-refractivity contribution >= 4 is 0 Å². The number of hydrogen-bond acceptors (Lipinski definition) is 2. The molecule has 4 aliphatic rings. The van der Waals surface area contributed by atoms with E-state index in [4.69, 9.17) is 0 Å². The van der Waals surface area contributed by atoms with E-state index in [0.717, 1.165) is 25.7 Å². The molecule has 4 aliphatic carbocycles. The fraction of sp³-hybridized carbons (Fsp3) is 1.00. The van der Waals surface area contributed by atoms with Crippen molar-refractivity contribution < 1.29 is 10.2 Å². The van der Waals surface area contributed by atoms with Crippen LogP contribution in [-0.4, -0.2) is 21.4 Å². The predicted molar refractivity (Wildman–Crippen MR) is 53.7 cm³/mol. The molecule has 80 valence electrons. The van der Waals surface area contributed by atoms with Gasteiger partial charge in [-0.15, -0.1) is 0 Å². The van der Waals surface area contributed by atoms with Crippen LogP contribution in [0.2, 0.25) is 0 Å². The summed E-state index contributed by atoms with van der Waals surface area (Å²) < 4.78 is 0. The minimum absolute atomic E-state index is 0.183. The number of rotatable bonds is 0. The van der Waals surface area contributed by atoms with Crippen LogP contribution < -0.4 is 0 Å². The molecular weight excluding hydrogens is 176 g/mol. The Kier molecular flexibility index (Phi) is 1.44. The monoisotopic (exact) mass is 196 g/mol. The Morgan fingerprint density at radius 1 is 1.00 bits per heavy atom. The van der Waals surface area contributed by atoms with E-state index in [1.807, 2.05) is 0 Å². The van der Waals surface area contributed by atoms with Gasteiger partial charge in [0.1, 0.15) is 0 Å². The van der Waals surface area contributed by atoms with Crippen LogP contribution in [0.4, 0.5) is 0 Å². The third-order valence-corrected chi connectivity index (χ3v) is 5.21. The summed E-state index contributed by atoms with van der Waals surface area (Å²) in [5, 5.41) is 20.8. The van der Waals surface area contributed by atoms with E-state index in [1.165, 1.54) is 0 Å². The summed E-state index contributed by atoms with van der Waals surface area (Å²) in [6.45, 7) is 4.55. The van der Waals surface area contributed by atoms with Crippen molar-refractivity contribution in [2.45, 2.75) is 57.2 Å². The minimum atomic E-state index is -0.544. The van der Waals surface area contributed by atoms with E-state index in [-0.39, 0.29) is 5.41 Å². The zero-order chi connectivity index (χ0) is 10.2. The summed E-state index contributed by atoms with van der Waals surface area (Å²) in [6, 6.07) is 0. The lowest BCUT2D eigenvalue weighted by atomic mass is 9.43. The Morgan fingerprint density at radius 2 is 1.50 bits per heavy atom. The maximum absolute atomic E-state index is 10.4. The molecule has 0 radical (unpaired) electrons. The average molecular weight is 196 g/mol. The highest BCUT2D eigenvalue weighted by Crippen LogP contribution is 2.65. The van der Waals surface area contributed by atoms with Gasteiger partial charge in [0.05, 0.1) is 11.2 Å². The summed E-state index contributed by atoms with van der Waals surface area (Å²) >= 11 is 0. The molecule has 4 saturated carbocycles. The molecule has 2 nitrogen and oxygen atoms in total. The molecule has 4 bridgehead atoms. The van der Waals surface area contributed by atoms with Gasteiger partial charge in [-0.1, -0.05) is 13.8 Å². The van der Waals surface area contributed by atoms with Crippen LogP contribution in [0, 0.1) is 17.3 Å². The van der Waals surface area contributed by atoms with E-state index in [0.29, 0.717) is 18.3 Å². The third-order valence-electron chi connectivity index (χ3n) is 5.21. The third kappa shape index (κ3) is 0.989. The summed E-state index contributed by atoms with van der Waals surface area (Å²) in [7, 11) is 0. The second-order valence-electron chi connectivity index (χ2n) is 6.59. The molecule has 3 atom stereocenters. The largest absolute Gasteiger partial charge is 0.390 e. The van der Waals surface area contributed by atoms with Crippen molar-refractivity contribution in [1.82, 2.24) is 0 Å². The van der Waals surface area contributed by atoms with Crippen molar-refractivity contribution in [3.8, 4) is 0 Å². The highest BCUT2D eigenvalue weighted by atomic mass is 16.3. The SMILES string of the molecule is CC1C2CC3(O)CC(O)(C2)CC1(C)C3. The van der Waals surface area contributed by atoms with Crippen LogP contribution in [0.15, 0.2) is 0 Å². The molecule has 0 amide bonds. The maximum atomic E-state index is 10.4. The Bertz CT molecular complexity index is 268. The van der Waals surface area contributed by atoms with Gasteiger partial charge in [0, 0.05) is 6.42 Å². The minimum Gasteiger partial charge on any atom is -0.390 e. The number of aliphatic hydroxyl groups is 2. The Hall–Kier alpha value is -0.0800. The maximum Gasteiger partial charge on any atom is 0.0683 e. The van der Waals surface area contributed by atoms with Crippen molar-refractivity contribution in [2.24, 2.45) is 17.3 Å². The van der Waals surface area contributed by atoms with Crippen LogP contribution in [-0.2, 0) is 0 Å². The van der Waals surface area contributed by atoms with Gasteiger partial charge >= 0.3 is 0 Å². The summed E-state index contributed by atoms with van der Waals surface area (Å²) in [5.41, 5.74) is -0.905. The molecule has 4 fully saturated rings. The zero-order valence-corrected chi connectivity index (χ0v) is 9.08. The van der Waals surface area contributed by atoms with Gasteiger partial charge in [0.25, 0.3) is 0 Å². The van der Waals surface area contributed by atoms with Gasteiger partial charge in [0.2, 0.25) is 0 Å². The van der Waals surface area contributed by atoms with E-state index < -0.39 is 11.2 Å². The van der Waals surface area contributed by atoms with Gasteiger partial charge < -0.3 is 10.2 Å². The highest BCUT2D eigenvalue weighted by Gasteiger charge is 2.63. The first-order valence-electron chi connectivity index (χ1n) is 5.79. The second kappa shape index (κ2) is 2.19. The van der Waals surface area contributed by atoms with E-state index in [2.05, 4.69) is 13.8 Å². The number of hydrogen-bond donors (Lipinski definition) is 2. The Balaban J connectivity index is 2.06. The first-order valence-corrected chi connectivity index (χ1v) is 5.79. The summed E-state index contributed by atoms with van der Waals surface area (Å²) in [6.07, 6.45) is 4.27. The van der Waals surface area contributed by atoms with Crippen molar-refractivity contribution in [3.05, 3.63) is 0 Å². The lowest BCUT2D eigenvalue weighted by Gasteiger charge is -2.65. The van der Waals surface area contributed by atoms with E-state index >= 15 is 0 Å². The summed E-state index contributed by atoms with van der Waals surface area (Å²) in [5.74, 6) is 1.22. The second-order valence-corrected chi connectivity index (χ2v) is 6.59. The van der Waals surface area contributed by atoms with Gasteiger partial charge in [-0.05, 0) is 42.9 Å². The highest BCUT2D eigenvalue weighted by molar-refractivity contribution is 5.15. The van der Waals surface area contributed by atoms with Crippen LogP contribution >= 0.6 is 0 Å². The van der Waals surface area contributed by atoms with Gasteiger partial charge in [0.15, 0.2) is 0 Å². The molecule has 2 heteroatoms. The zero-order valence-electron chi connectivity index (χ0n) is 9.08. The van der Waals surface area contributed by atoms with E-state index in [1.54, 1.807) is 0 Å². The van der Waals surface area contributed by atoms with Gasteiger partial charge in [-0.25, -0.2) is 0 Å². The molecule has 0 heterocycles. The van der Waals surface area contributed by atoms with Crippen LogP contribution in [0.1, 0.15) is 46.0 Å². The fourth-order valence-electron chi connectivity index (χ4n) is 4.88. The molecule has 0 aromatic rings. The molecule has 14 heavy (non-hydrogen) atoms. The van der Waals surface area contributed by atoms with Crippen LogP contribution in [0.25, 0.3) is 0 Å². The Morgan fingerprint density at radius 3 is 1.93 bits per heavy atom. The predicted octanol–water partition coefficient (Wildman–Crippen LogP) is 1.70. The van der Waals surface area contributed by atoms with E-state index in [9.17, 15) is 10.2 Å². The molecule has 0 aromatic carbocycles. The summed E-state index contributed by atoms with van der Waals surface area (Å²) in [4.78, 5) is 0. The molecule has 0 aromatic heterocycles. The molecular formula is C12H20O2. The van der Waals surface area contributed by atoms with Crippen LogP contribution in [0.5, 0.6) is 0 Å². The quantitative estimate of drug-likeness (QED) is 0.619. The van der Waals surface area contributed by atoms with Crippen molar-refractivity contribution in [1.29, 1.82) is 0 Å². The molecule has 0 saturated heterocycles. The molecule has 0 spiro atoms. The normalized spacial score (nSPS) is 66.0. The van der Waals surface area contributed by atoms with Gasteiger partial charge in [-0.2, -0.15) is 0 Å². The van der Waals surface area contributed by atoms with Crippen molar-refractivity contribution in [2.75, 3.05) is 0 Å². The van der Waals surface area contributed by atoms with Crippen LogP contribution in [0.3, 0.4) is 0 Å². The fourth-order valence-corrected chi connectivity index (χ4v) is 4.88. The first kappa shape index (κ1) is 9.17. The topological polar surface area (TPSA) is 40.5 Å². The molecule has 4 rings (SSSR count). The standard InChI is InChI=1S/C12H20O2/c1-8-9-3-11(13)5-10(8,2)6-12(14,4-9)7-11/h8-9,13-14H,3-7H2,1-2H3. The molecule has 0 aliphatic heterocycles. The average Bonchev–Trinajstić information content (AvgIpc) is 1.94. The Labute approximate surface area is 85.3 Å². The van der Waals surface area contributed by atoms with Crippen molar-refractivity contribution in [3.63, 3.8) is 0 Å². The lowest BCUT2D eigenvalue weighted by molar-refractivity contribution is -0.246. The lowest BCUT2D eigenvalue weighted by Crippen LogP contribution is -2.65.